The van der Waals surface area contributed by atoms with Crippen molar-refractivity contribution in [3.63, 3.8) is 0 Å². The van der Waals surface area contributed by atoms with Crippen LogP contribution in [0.5, 0.6) is 0 Å². The van der Waals surface area contributed by atoms with E-state index in [0.29, 0.717) is 5.65 Å². The molecule has 3 rings (SSSR count). The summed E-state index contributed by atoms with van der Waals surface area (Å²) in [4.78, 5) is 10.4. The zero-order valence-corrected chi connectivity index (χ0v) is 13.7. The predicted molar refractivity (Wildman–Crippen MR) is 82.6 cm³/mol. The van der Waals surface area contributed by atoms with Crippen molar-refractivity contribution in [1.29, 1.82) is 0 Å². The quantitative estimate of drug-likeness (QED) is 0.689. The molecule has 0 radical (unpaired) electrons. The molecule has 1 saturated heterocycles. The second kappa shape index (κ2) is 5.74. The highest BCUT2D eigenvalue weighted by molar-refractivity contribution is 9.10. The largest absolute Gasteiger partial charge is 0.394 e. The summed E-state index contributed by atoms with van der Waals surface area (Å²) in [7, 11) is 3.75. The van der Waals surface area contributed by atoms with Gasteiger partial charge in [-0.25, -0.2) is 9.97 Å². The lowest BCUT2D eigenvalue weighted by molar-refractivity contribution is -0.0509. The SMILES string of the molecule is CN(C)c1ncnc2c1c(Br)cn2[C@H]1O[C@@H](CO)[C@@H](O)[C@@H]1O. The molecular formula is C13H17BrN4O4. The van der Waals surface area contributed by atoms with Crippen LogP contribution in [0.3, 0.4) is 0 Å². The first kappa shape index (κ1) is 15.6. The maximum absolute atomic E-state index is 10.2. The Morgan fingerprint density at radius 1 is 1.32 bits per heavy atom. The number of hydrogen-bond acceptors (Lipinski definition) is 7. The van der Waals surface area contributed by atoms with Gasteiger partial charge in [0.15, 0.2) is 6.23 Å². The number of aliphatic hydroxyl groups is 3. The second-order valence-electron chi connectivity index (χ2n) is 5.40. The van der Waals surface area contributed by atoms with Crippen molar-refractivity contribution in [2.75, 3.05) is 25.6 Å². The number of hydrogen-bond donors (Lipinski definition) is 3. The van der Waals surface area contributed by atoms with Gasteiger partial charge in [0.2, 0.25) is 0 Å². The van der Waals surface area contributed by atoms with Crippen LogP contribution in [-0.4, -0.2) is 68.9 Å². The summed E-state index contributed by atoms with van der Waals surface area (Å²) in [5.74, 6) is 0.724. The molecule has 1 aliphatic rings. The summed E-state index contributed by atoms with van der Waals surface area (Å²) in [5, 5.41) is 30.1. The molecular weight excluding hydrogens is 356 g/mol. The molecule has 1 fully saturated rings. The third kappa shape index (κ3) is 2.29. The van der Waals surface area contributed by atoms with Crippen molar-refractivity contribution in [1.82, 2.24) is 14.5 Å². The Morgan fingerprint density at radius 3 is 2.64 bits per heavy atom. The van der Waals surface area contributed by atoms with Crippen LogP contribution in [0.25, 0.3) is 11.0 Å². The topological polar surface area (TPSA) is 104 Å². The van der Waals surface area contributed by atoms with Crippen LogP contribution >= 0.6 is 15.9 Å². The highest BCUT2D eigenvalue weighted by Crippen LogP contribution is 2.37. The fourth-order valence-corrected chi connectivity index (χ4v) is 3.24. The van der Waals surface area contributed by atoms with Gasteiger partial charge in [0.1, 0.15) is 36.1 Å². The summed E-state index contributed by atoms with van der Waals surface area (Å²) in [6, 6.07) is 0. The van der Waals surface area contributed by atoms with Crippen molar-refractivity contribution in [3.05, 3.63) is 17.0 Å². The molecule has 0 aromatic carbocycles. The summed E-state index contributed by atoms with van der Waals surface area (Å²) in [5.41, 5.74) is 0.570. The summed E-state index contributed by atoms with van der Waals surface area (Å²) in [6.07, 6.45) is -0.801. The molecule has 8 nitrogen and oxygen atoms in total. The third-order valence-electron chi connectivity index (χ3n) is 3.76. The number of nitrogens with zero attached hydrogens (tertiary/aromatic N) is 4. The molecule has 2 aromatic rings. The van der Waals surface area contributed by atoms with E-state index in [2.05, 4.69) is 25.9 Å². The van der Waals surface area contributed by atoms with Gasteiger partial charge >= 0.3 is 0 Å². The number of fused-ring (bicyclic) bond motifs is 1. The van der Waals surface area contributed by atoms with Crippen molar-refractivity contribution in [2.24, 2.45) is 0 Å². The fourth-order valence-electron chi connectivity index (χ4n) is 2.67. The average molecular weight is 373 g/mol. The van der Waals surface area contributed by atoms with E-state index in [4.69, 9.17) is 4.74 Å². The Morgan fingerprint density at radius 2 is 2.05 bits per heavy atom. The summed E-state index contributed by atoms with van der Waals surface area (Å²) < 4.78 is 7.95. The minimum atomic E-state index is -1.16. The van der Waals surface area contributed by atoms with Gasteiger partial charge in [-0.2, -0.15) is 0 Å². The molecule has 0 spiro atoms. The standard InChI is InChI=1S/C13H17BrN4O4/c1-17(2)11-8-6(14)3-18(12(8)16-5-15-11)13-10(21)9(20)7(4-19)22-13/h3,5,7,9-10,13,19-21H,4H2,1-2H3/t7-,9+,10-,13-/m0/s1. The zero-order chi connectivity index (χ0) is 16.0. The smallest absolute Gasteiger partial charge is 0.164 e. The highest BCUT2D eigenvalue weighted by Gasteiger charge is 2.44. The number of ether oxygens (including phenoxy) is 1. The molecule has 0 saturated carbocycles. The van der Waals surface area contributed by atoms with E-state index in [1.807, 2.05) is 19.0 Å². The van der Waals surface area contributed by atoms with E-state index in [0.717, 1.165) is 15.7 Å². The van der Waals surface area contributed by atoms with E-state index in [-0.39, 0.29) is 6.61 Å². The van der Waals surface area contributed by atoms with Crippen molar-refractivity contribution in [3.8, 4) is 0 Å². The van der Waals surface area contributed by atoms with E-state index in [9.17, 15) is 15.3 Å². The molecule has 0 amide bonds. The Hall–Kier alpha value is -1.26. The first-order valence-corrected chi connectivity index (χ1v) is 7.55. The minimum absolute atomic E-state index is 0.368. The lowest BCUT2D eigenvalue weighted by Gasteiger charge is -2.18. The first-order valence-electron chi connectivity index (χ1n) is 6.76. The van der Waals surface area contributed by atoms with Gasteiger partial charge in [-0.15, -0.1) is 0 Å². The Kier molecular flexibility index (Phi) is 4.08. The van der Waals surface area contributed by atoms with Gasteiger partial charge < -0.3 is 29.5 Å². The Balaban J connectivity index is 2.11. The van der Waals surface area contributed by atoms with Crippen LogP contribution in [0.1, 0.15) is 6.23 Å². The molecule has 120 valence electrons. The molecule has 4 atom stereocenters. The maximum Gasteiger partial charge on any atom is 0.164 e. The lowest BCUT2D eigenvalue weighted by atomic mass is 10.1. The number of anilines is 1. The van der Waals surface area contributed by atoms with Crippen LogP contribution in [0.4, 0.5) is 5.82 Å². The van der Waals surface area contributed by atoms with Gasteiger partial charge in [-0.1, -0.05) is 0 Å². The molecule has 3 N–H and O–H groups in total. The maximum atomic E-state index is 10.2. The van der Waals surface area contributed by atoms with Crippen LogP contribution in [-0.2, 0) is 4.74 Å². The van der Waals surface area contributed by atoms with E-state index in [1.54, 1.807) is 10.8 Å². The predicted octanol–water partition coefficient (Wildman–Crippen LogP) is -0.129. The van der Waals surface area contributed by atoms with Crippen LogP contribution in [0.15, 0.2) is 17.0 Å². The van der Waals surface area contributed by atoms with Gasteiger partial charge in [0.05, 0.1) is 12.0 Å². The number of aromatic nitrogens is 3. The first-order chi connectivity index (χ1) is 10.5. The molecule has 3 heterocycles. The Bertz CT molecular complexity index is 692. The summed E-state index contributed by atoms with van der Waals surface area (Å²) >= 11 is 3.47. The summed E-state index contributed by atoms with van der Waals surface area (Å²) in [6.45, 7) is -0.368. The van der Waals surface area contributed by atoms with Crippen LogP contribution < -0.4 is 4.90 Å². The highest BCUT2D eigenvalue weighted by atomic mass is 79.9. The lowest BCUT2D eigenvalue weighted by Crippen LogP contribution is -2.33. The second-order valence-corrected chi connectivity index (χ2v) is 6.26. The van der Waals surface area contributed by atoms with Crippen molar-refractivity contribution >= 4 is 32.8 Å². The molecule has 0 bridgehead atoms. The molecule has 9 heteroatoms. The Labute approximate surface area is 135 Å². The zero-order valence-electron chi connectivity index (χ0n) is 12.1. The third-order valence-corrected chi connectivity index (χ3v) is 4.36. The molecule has 22 heavy (non-hydrogen) atoms. The number of halogens is 1. The number of aliphatic hydroxyl groups excluding tert-OH is 3. The molecule has 2 aromatic heterocycles. The van der Waals surface area contributed by atoms with Gasteiger partial charge in [-0.05, 0) is 15.9 Å². The van der Waals surface area contributed by atoms with Gasteiger partial charge in [0.25, 0.3) is 0 Å². The van der Waals surface area contributed by atoms with E-state index in [1.165, 1.54) is 6.33 Å². The van der Waals surface area contributed by atoms with Gasteiger partial charge in [0, 0.05) is 24.8 Å². The van der Waals surface area contributed by atoms with Crippen LogP contribution in [0, 0.1) is 0 Å². The normalized spacial score (nSPS) is 28.5. The van der Waals surface area contributed by atoms with Crippen molar-refractivity contribution < 1.29 is 20.1 Å². The van der Waals surface area contributed by atoms with E-state index >= 15 is 0 Å². The molecule has 0 unspecified atom stereocenters. The van der Waals surface area contributed by atoms with Crippen LogP contribution in [0.2, 0.25) is 0 Å². The van der Waals surface area contributed by atoms with Crippen molar-refractivity contribution in [2.45, 2.75) is 24.5 Å². The van der Waals surface area contributed by atoms with E-state index < -0.39 is 24.5 Å². The number of rotatable bonds is 3. The fraction of sp³-hybridized carbons (Fsp3) is 0.538. The molecule has 1 aliphatic heterocycles. The molecule has 0 aliphatic carbocycles. The minimum Gasteiger partial charge on any atom is -0.394 e. The monoisotopic (exact) mass is 372 g/mol. The van der Waals surface area contributed by atoms with Gasteiger partial charge in [-0.3, -0.25) is 0 Å². The average Bonchev–Trinajstić information content (AvgIpc) is 2.98.